The number of nitrogens with zero attached hydrogens (tertiary/aromatic N) is 1. The van der Waals surface area contributed by atoms with Crippen molar-refractivity contribution in [2.24, 2.45) is 0 Å². The number of carbonyl (C=O) groups is 1. The first kappa shape index (κ1) is 19.4. The fraction of sp³-hybridized carbons (Fsp3) is 0.0909. The molecule has 0 bridgehead atoms. The second-order valence-corrected chi connectivity index (χ2v) is 8.14. The fourth-order valence-corrected chi connectivity index (χ4v) is 4.03. The van der Waals surface area contributed by atoms with Crippen LogP contribution in [-0.2, 0) is 4.79 Å². The standard InChI is InChI=1S/C22H17BrN2O3S/c1-27-19-11-6-14(22-25-17-4-2-3-5-20(17)29-22)12-18(19)24-21(26)13-28-16-9-7-15(23)8-10-16/h2-12H,13H2,1H3,(H,24,26). The maximum Gasteiger partial charge on any atom is 0.262 e. The zero-order chi connectivity index (χ0) is 20.2. The van der Waals surface area contributed by atoms with Gasteiger partial charge < -0.3 is 14.8 Å². The molecule has 1 aromatic heterocycles. The van der Waals surface area contributed by atoms with Crippen LogP contribution in [0.15, 0.2) is 71.2 Å². The molecule has 3 aromatic carbocycles. The van der Waals surface area contributed by atoms with E-state index < -0.39 is 0 Å². The summed E-state index contributed by atoms with van der Waals surface area (Å²) in [6.07, 6.45) is 0. The topological polar surface area (TPSA) is 60.5 Å². The Morgan fingerprint density at radius 1 is 1.10 bits per heavy atom. The van der Waals surface area contributed by atoms with Gasteiger partial charge in [-0.15, -0.1) is 11.3 Å². The summed E-state index contributed by atoms with van der Waals surface area (Å²) in [6.45, 7) is -0.101. The highest BCUT2D eigenvalue weighted by atomic mass is 79.9. The van der Waals surface area contributed by atoms with E-state index in [4.69, 9.17) is 9.47 Å². The molecular weight excluding hydrogens is 452 g/mol. The molecule has 0 atom stereocenters. The van der Waals surface area contributed by atoms with Crippen LogP contribution in [0.5, 0.6) is 11.5 Å². The molecule has 7 heteroatoms. The Labute approximate surface area is 180 Å². The summed E-state index contributed by atoms with van der Waals surface area (Å²) >= 11 is 4.98. The SMILES string of the molecule is COc1ccc(-c2nc3ccccc3s2)cc1NC(=O)COc1ccc(Br)cc1. The van der Waals surface area contributed by atoms with Crippen LogP contribution in [0.2, 0.25) is 0 Å². The van der Waals surface area contributed by atoms with Gasteiger partial charge in [0.05, 0.1) is 23.0 Å². The fourth-order valence-electron chi connectivity index (χ4n) is 2.80. The van der Waals surface area contributed by atoms with Crippen LogP contribution in [0.1, 0.15) is 0 Å². The molecule has 1 heterocycles. The molecular formula is C22H17BrN2O3S. The Morgan fingerprint density at radius 2 is 1.90 bits per heavy atom. The van der Waals surface area contributed by atoms with Crippen LogP contribution in [0.4, 0.5) is 5.69 Å². The molecule has 4 aromatic rings. The Morgan fingerprint density at radius 3 is 2.66 bits per heavy atom. The molecule has 4 rings (SSSR count). The number of amides is 1. The lowest BCUT2D eigenvalue weighted by Gasteiger charge is -2.12. The van der Waals surface area contributed by atoms with Crippen LogP contribution in [0, 0.1) is 0 Å². The van der Waals surface area contributed by atoms with E-state index in [-0.39, 0.29) is 12.5 Å². The number of hydrogen-bond acceptors (Lipinski definition) is 5. The summed E-state index contributed by atoms with van der Waals surface area (Å²) in [6, 6.07) is 20.9. The molecule has 0 unspecified atom stereocenters. The molecule has 1 N–H and O–H groups in total. The van der Waals surface area contributed by atoms with E-state index in [0.29, 0.717) is 17.2 Å². The first-order valence-corrected chi connectivity index (χ1v) is 10.5. The van der Waals surface area contributed by atoms with Crippen LogP contribution in [-0.4, -0.2) is 24.6 Å². The van der Waals surface area contributed by atoms with E-state index in [1.54, 1.807) is 30.6 Å². The van der Waals surface area contributed by atoms with Crippen molar-refractivity contribution in [3.63, 3.8) is 0 Å². The number of para-hydroxylation sites is 1. The van der Waals surface area contributed by atoms with Gasteiger partial charge in [0.15, 0.2) is 6.61 Å². The number of rotatable bonds is 6. The van der Waals surface area contributed by atoms with Gasteiger partial charge >= 0.3 is 0 Å². The maximum absolute atomic E-state index is 12.4. The summed E-state index contributed by atoms with van der Waals surface area (Å²) in [7, 11) is 1.57. The Bertz CT molecular complexity index is 1130. The van der Waals surface area contributed by atoms with E-state index in [1.807, 2.05) is 54.6 Å². The zero-order valence-electron chi connectivity index (χ0n) is 15.5. The summed E-state index contributed by atoms with van der Waals surface area (Å²) in [5.74, 6) is 0.929. The lowest BCUT2D eigenvalue weighted by Crippen LogP contribution is -2.20. The molecule has 29 heavy (non-hydrogen) atoms. The summed E-state index contributed by atoms with van der Waals surface area (Å²) in [5, 5.41) is 3.75. The molecule has 5 nitrogen and oxygen atoms in total. The second kappa shape index (κ2) is 8.63. The number of fused-ring (bicyclic) bond motifs is 1. The van der Waals surface area contributed by atoms with Crippen molar-refractivity contribution < 1.29 is 14.3 Å². The average Bonchev–Trinajstić information content (AvgIpc) is 3.17. The largest absolute Gasteiger partial charge is 0.495 e. The summed E-state index contributed by atoms with van der Waals surface area (Å²) in [5.41, 5.74) is 2.45. The summed E-state index contributed by atoms with van der Waals surface area (Å²) in [4.78, 5) is 17.1. The van der Waals surface area contributed by atoms with Gasteiger partial charge in [-0.05, 0) is 54.6 Å². The van der Waals surface area contributed by atoms with E-state index >= 15 is 0 Å². The van der Waals surface area contributed by atoms with Gasteiger partial charge in [-0.25, -0.2) is 4.98 Å². The van der Waals surface area contributed by atoms with Gasteiger partial charge in [-0.1, -0.05) is 28.1 Å². The lowest BCUT2D eigenvalue weighted by molar-refractivity contribution is -0.118. The third-order valence-electron chi connectivity index (χ3n) is 4.20. The first-order valence-electron chi connectivity index (χ1n) is 8.84. The number of methoxy groups -OCH3 is 1. The molecule has 0 saturated heterocycles. The molecule has 0 aliphatic heterocycles. The predicted octanol–water partition coefficient (Wildman–Crippen LogP) is 5.75. The molecule has 0 aliphatic rings. The quantitative estimate of drug-likeness (QED) is 0.391. The number of aromatic nitrogens is 1. The third kappa shape index (κ3) is 4.58. The Balaban J connectivity index is 1.51. The van der Waals surface area contributed by atoms with Crippen molar-refractivity contribution in [1.29, 1.82) is 0 Å². The van der Waals surface area contributed by atoms with Crippen molar-refractivity contribution in [3.05, 3.63) is 71.2 Å². The van der Waals surface area contributed by atoms with E-state index in [9.17, 15) is 4.79 Å². The number of hydrogen-bond donors (Lipinski definition) is 1. The molecule has 0 spiro atoms. The van der Waals surface area contributed by atoms with Gasteiger partial charge in [-0.3, -0.25) is 4.79 Å². The van der Waals surface area contributed by atoms with Crippen LogP contribution >= 0.6 is 27.3 Å². The number of nitrogens with one attached hydrogen (secondary N) is 1. The van der Waals surface area contributed by atoms with Crippen molar-refractivity contribution in [2.45, 2.75) is 0 Å². The van der Waals surface area contributed by atoms with Crippen LogP contribution < -0.4 is 14.8 Å². The number of benzene rings is 3. The molecule has 1 amide bonds. The third-order valence-corrected chi connectivity index (χ3v) is 5.81. The minimum Gasteiger partial charge on any atom is -0.495 e. The number of ether oxygens (including phenoxy) is 2. The first-order chi connectivity index (χ1) is 14.1. The molecule has 146 valence electrons. The van der Waals surface area contributed by atoms with E-state index in [1.165, 1.54) is 0 Å². The molecule has 0 aliphatic carbocycles. The van der Waals surface area contributed by atoms with Crippen molar-refractivity contribution in [3.8, 4) is 22.1 Å². The minimum atomic E-state index is -0.271. The lowest BCUT2D eigenvalue weighted by atomic mass is 10.2. The highest BCUT2D eigenvalue weighted by Crippen LogP contribution is 2.34. The van der Waals surface area contributed by atoms with Crippen LogP contribution in [0.3, 0.4) is 0 Å². The van der Waals surface area contributed by atoms with Gasteiger partial charge in [0.2, 0.25) is 0 Å². The van der Waals surface area contributed by atoms with Crippen molar-refractivity contribution in [1.82, 2.24) is 4.98 Å². The molecule has 0 saturated carbocycles. The van der Waals surface area contributed by atoms with E-state index in [0.717, 1.165) is 25.3 Å². The second-order valence-electron chi connectivity index (χ2n) is 6.19. The number of carbonyl (C=O) groups excluding carboxylic acids is 1. The van der Waals surface area contributed by atoms with Gasteiger partial charge in [0, 0.05) is 10.0 Å². The normalized spacial score (nSPS) is 10.7. The van der Waals surface area contributed by atoms with Gasteiger partial charge in [-0.2, -0.15) is 0 Å². The van der Waals surface area contributed by atoms with Gasteiger partial charge in [0.25, 0.3) is 5.91 Å². The summed E-state index contributed by atoms with van der Waals surface area (Å²) < 4.78 is 13.0. The van der Waals surface area contributed by atoms with Crippen molar-refractivity contribution >= 4 is 49.1 Å². The highest BCUT2D eigenvalue weighted by Gasteiger charge is 2.13. The minimum absolute atomic E-state index is 0.101. The van der Waals surface area contributed by atoms with Gasteiger partial charge in [0.1, 0.15) is 16.5 Å². The Kier molecular flexibility index (Phi) is 5.78. The number of halogens is 1. The van der Waals surface area contributed by atoms with Crippen LogP contribution in [0.25, 0.3) is 20.8 Å². The molecule has 0 radical (unpaired) electrons. The Hall–Kier alpha value is -2.90. The smallest absolute Gasteiger partial charge is 0.262 e. The predicted molar refractivity (Wildman–Crippen MR) is 120 cm³/mol. The highest BCUT2D eigenvalue weighted by molar-refractivity contribution is 9.10. The average molecular weight is 469 g/mol. The van der Waals surface area contributed by atoms with Crippen molar-refractivity contribution in [2.75, 3.05) is 19.0 Å². The maximum atomic E-state index is 12.4. The van der Waals surface area contributed by atoms with E-state index in [2.05, 4.69) is 26.2 Å². The number of thiazole rings is 1. The monoisotopic (exact) mass is 468 g/mol. The zero-order valence-corrected chi connectivity index (χ0v) is 17.9. The number of anilines is 1. The molecule has 0 fully saturated rings.